The number of carbonyl (C=O) groups is 4. The molecule has 2 saturated heterocycles. The lowest BCUT2D eigenvalue weighted by Crippen LogP contribution is -2.38. The lowest BCUT2D eigenvalue weighted by atomic mass is 10.0. The number of nitrogens with zero attached hydrogens (tertiary/aromatic N) is 1. The van der Waals surface area contributed by atoms with E-state index in [1.165, 1.54) is 141 Å². The minimum atomic E-state index is -4.74. The molecular weight excluding hydrogens is 1030 g/mol. The van der Waals surface area contributed by atoms with Gasteiger partial charge in [0.15, 0.2) is 18.1 Å². The van der Waals surface area contributed by atoms with Gasteiger partial charge < -0.3 is 38.6 Å². The Labute approximate surface area is 463 Å². The van der Waals surface area contributed by atoms with Gasteiger partial charge in [0.1, 0.15) is 31.5 Å². The number of hydrogen-bond donors (Lipinski definition) is 3. The zero-order chi connectivity index (χ0) is 56.9. The Morgan fingerprint density at radius 1 is 0.654 bits per heavy atom. The molecule has 1 aromatic heterocycles. The summed E-state index contributed by atoms with van der Waals surface area (Å²) in [5.41, 5.74) is -2.14. The number of carbonyl (C=O) groups excluding carboxylic acids is 4. The van der Waals surface area contributed by atoms with E-state index in [9.17, 15) is 42.6 Å². The molecule has 19 nitrogen and oxygen atoms in total. The number of rotatable bonds is 48. The van der Waals surface area contributed by atoms with E-state index in [4.69, 9.17) is 37.5 Å². The number of unbranched alkanes of at least 4 members (excludes halogenated alkanes) is 28. The maximum atomic E-state index is 14.1. The Morgan fingerprint density at radius 2 is 1.12 bits per heavy atom. The van der Waals surface area contributed by atoms with Crippen LogP contribution >= 0.6 is 7.82 Å². The van der Waals surface area contributed by atoms with E-state index in [0.29, 0.717) is 19.0 Å². The number of nitrogens with one attached hydrogen (secondary N) is 2. The minimum absolute atomic E-state index is 0.137. The molecule has 0 spiro atoms. The molecule has 0 aliphatic carbocycles. The van der Waals surface area contributed by atoms with Crippen LogP contribution in [0.5, 0.6) is 0 Å². The van der Waals surface area contributed by atoms with Gasteiger partial charge in [-0.3, -0.25) is 42.6 Å². The molecule has 2 aliphatic heterocycles. The van der Waals surface area contributed by atoms with E-state index >= 15 is 0 Å². The van der Waals surface area contributed by atoms with E-state index in [0.717, 1.165) is 43.1 Å². The van der Waals surface area contributed by atoms with E-state index in [2.05, 4.69) is 19.2 Å². The Balaban J connectivity index is 1.34. The van der Waals surface area contributed by atoms with Gasteiger partial charge in [-0.15, -0.1) is 0 Å². The van der Waals surface area contributed by atoms with Crippen LogP contribution in [0.2, 0.25) is 0 Å². The van der Waals surface area contributed by atoms with E-state index < -0.39 is 98.3 Å². The lowest BCUT2D eigenvalue weighted by Gasteiger charge is -2.24. The first-order chi connectivity index (χ1) is 37.5. The number of ether oxygens (including phenoxy) is 6. The quantitative estimate of drug-likeness (QED) is 0.0238. The fourth-order valence-corrected chi connectivity index (χ4v) is 10.4. The molecule has 2 aliphatic rings. The van der Waals surface area contributed by atoms with Crippen molar-refractivity contribution in [2.45, 2.75) is 282 Å². The summed E-state index contributed by atoms with van der Waals surface area (Å²) < 4.78 is 72.0. The molecule has 1 aromatic rings. The lowest BCUT2D eigenvalue weighted by molar-refractivity contribution is -0.203. The van der Waals surface area contributed by atoms with Crippen molar-refractivity contribution in [2.24, 2.45) is 0 Å². The highest BCUT2D eigenvalue weighted by molar-refractivity contribution is 7.47. The number of H-pyrrole nitrogens is 1. The van der Waals surface area contributed by atoms with Gasteiger partial charge in [-0.2, -0.15) is 4.39 Å². The molecule has 3 N–H and O–H groups in total. The van der Waals surface area contributed by atoms with Gasteiger partial charge in [-0.1, -0.05) is 194 Å². The van der Waals surface area contributed by atoms with Crippen molar-refractivity contribution < 1.29 is 70.5 Å². The maximum Gasteiger partial charge on any atom is 0.472 e. The number of phosphoric acid groups is 1. The Hall–Kier alpha value is -3.52. The zero-order valence-corrected chi connectivity index (χ0v) is 48.8. The molecule has 2 fully saturated rings. The van der Waals surface area contributed by atoms with E-state index in [1.54, 1.807) is 13.8 Å². The number of fused-ring (bicyclic) bond motifs is 1. The summed E-state index contributed by atoms with van der Waals surface area (Å²) in [6, 6.07) is 0. The van der Waals surface area contributed by atoms with Gasteiger partial charge >= 0.3 is 31.4 Å². The first-order valence-corrected chi connectivity index (χ1v) is 31.4. The van der Waals surface area contributed by atoms with Gasteiger partial charge in [0, 0.05) is 25.8 Å². The summed E-state index contributed by atoms with van der Waals surface area (Å²) in [7, 11) is -4.74. The minimum Gasteiger partial charge on any atom is -0.463 e. The molecular formula is C57H99FN3O16P. The first-order valence-electron chi connectivity index (χ1n) is 30.0. The van der Waals surface area contributed by atoms with Crippen molar-refractivity contribution in [2.75, 3.05) is 33.0 Å². The fraction of sp³-hybridized carbons (Fsp3) is 0.860. The van der Waals surface area contributed by atoms with Crippen LogP contribution in [0.4, 0.5) is 4.39 Å². The van der Waals surface area contributed by atoms with E-state index in [-0.39, 0.29) is 45.4 Å². The predicted octanol–water partition coefficient (Wildman–Crippen LogP) is 11.6. The smallest absolute Gasteiger partial charge is 0.463 e. The number of hydrogen-bond acceptors (Lipinski definition) is 15. The number of esters is 3. The highest BCUT2D eigenvalue weighted by Gasteiger charge is 2.56. The van der Waals surface area contributed by atoms with Gasteiger partial charge in [-0.25, -0.2) is 9.36 Å². The summed E-state index contributed by atoms with van der Waals surface area (Å²) in [5, 5.41) is 2.47. The van der Waals surface area contributed by atoms with E-state index in [1.807, 2.05) is 4.98 Å². The summed E-state index contributed by atoms with van der Waals surface area (Å²) in [6.07, 6.45) is 31.2. The third-order valence-corrected chi connectivity index (χ3v) is 15.1. The molecule has 450 valence electrons. The number of halogens is 1. The van der Waals surface area contributed by atoms with Crippen LogP contribution in [0, 0.1) is 5.82 Å². The molecule has 0 aromatic carbocycles. The summed E-state index contributed by atoms with van der Waals surface area (Å²) in [6.45, 7) is 5.73. The van der Waals surface area contributed by atoms with Crippen LogP contribution in [0.25, 0.3) is 0 Å². The predicted molar refractivity (Wildman–Crippen MR) is 294 cm³/mol. The molecule has 6 atom stereocenters. The fourth-order valence-electron chi connectivity index (χ4n) is 9.68. The molecule has 3 rings (SSSR count). The van der Waals surface area contributed by atoms with Gasteiger partial charge in [0.05, 0.1) is 25.8 Å². The van der Waals surface area contributed by atoms with Gasteiger partial charge in [-0.05, 0) is 26.7 Å². The highest BCUT2D eigenvalue weighted by atomic mass is 31.2. The van der Waals surface area contributed by atoms with Crippen LogP contribution in [0.15, 0.2) is 15.8 Å². The number of amides is 1. The molecule has 0 bridgehead atoms. The standard InChI is InChI=1S/C57H99FN3O16P/c1-5-7-9-11-13-15-17-19-21-23-25-27-29-31-33-35-49(63)70-42-45(74-51(65)36-34-32-30-28-26-24-22-20-18-16-14-12-10-8-6-2)43-73-78(68,69)72-40-39-59-48(62)37-38-50(64)71-44-47-52-53(77-57(3,4)76-52)55(75-47)61-41-46(58)54(66)60-56(61)67/h41,45,47,52-53,55H,5-40,42-44H2,1-4H3,(H,59,62)(H,68,69)(H,60,66,67)/t45-,47-,52?,53+,55-/m1/s1. The molecule has 1 amide bonds. The van der Waals surface area contributed by atoms with Crippen LogP contribution < -0.4 is 16.6 Å². The normalized spacial score (nSPS) is 18.8. The van der Waals surface area contributed by atoms with Gasteiger partial charge in [0.25, 0.3) is 5.56 Å². The van der Waals surface area contributed by atoms with Crippen molar-refractivity contribution >= 4 is 31.6 Å². The molecule has 2 unspecified atom stereocenters. The summed E-state index contributed by atoms with van der Waals surface area (Å²) in [5.74, 6) is -4.70. The molecule has 78 heavy (non-hydrogen) atoms. The summed E-state index contributed by atoms with van der Waals surface area (Å²) in [4.78, 5) is 87.1. The van der Waals surface area contributed by atoms with Crippen molar-refractivity contribution in [1.82, 2.24) is 14.9 Å². The SMILES string of the molecule is CCCCCCCCCCCCCCCCCC(=O)OC[C@H](COP(=O)(O)OCCNC(=O)CCC(=O)OC[C@H]1O[C@@H](n2cc(F)c(=O)[nH]c2=O)[C@H]2OC(C)(C)OC12)OC(=O)CCCCCCCCCCCCCCCCC. The number of phosphoric ester groups is 1. The first kappa shape index (κ1) is 68.8. The molecule has 0 saturated carbocycles. The second-order valence-electron chi connectivity index (χ2n) is 21.6. The van der Waals surface area contributed by atoms with Gasteiger partial charge in [0.2, 0.25) is 11.7 Å². The van der Waals surface area contributed by atoms with Crippen molar-refractivity contribution in [1.29, 1.82) is 0 Å². The third kappa shape index (κ3) is 30.9. The average molecular weight is 1130 g/mol. The molecule has 21 heteroatoms. The highest BCUT2D eigenvalue weighted by Crippen LogP contribution is 2.44. The second-order valence-corrected chi connectivity index (χ2v) is 23.1. The van der Waals surface area contributed by atoms with Crippen molar-refractivity contribution in [3.05, 3.63) is 32.9 Å². The van der Waals surface area contributed by atoms with Crippen molar-refractivity contribution in [3.8, 4) is 0 Å². The topological polar surface area (TPSA) is 246 Å². The molecule has 0 radical (unpaired) electrons. The average Bonchev–Trinajstić information content (AvgIpc) is 4.01. The third-order valence-electron chi connectivity index (χ3n) is 14.1. The molecule has 3 heterocycles. The Kier molecular flexibility index (Phi) is 35.8. The van der Waals surface area contributed by atoms with Crippen LogP contribution in [-0.2, 0) is 61.2 Å². The summed E-state index contributed by atoms with van der Waals surface area (Å²) >= 11 is 0. The van der Waals surface area contributed by atoms with Crippen LogP contribution in [0.3, 0.4) is 0 Å². The maximum absolute atomic E-state index is 14.1. The monoisotopic (exact) mass is 1130 g/mol. The van der Waals surface area contributed by atoms with Crippen molar-refractivity contribution in [3.63, 3.8) is 0 Å². The largest absolute Gasteiger partial charge is 0.472 e. The van der Waals surface area contributed by atoms with Crippen LogP contribution in [-0.4, -0.2) is 101 Å². The second kappa shape index (κ2) is 40.6. The zero-order valence-electron chi connectivity index (χ0n) is 47.9. The number of aromatic nitrogens is 2. The number of aromatic amines is 1. The Morgan fingerprint density at radius 3 is 1.63 bits per heavy atom. The Bertz CT molecular complexity index is 2000. The van der Waals surface area contributed by atoms with Crippen LogP contribution in [0.1, 0.15) is 252 Å².